The monoisotopic (exact) mass is 494 g/mol. The van der Waals surface area contributed by atoms with Crippen LogP contribution in [0.15, 0.2) is 0 Å². The fraction of sp³-hybridized carbons (Fsp3) is 1.00. The van der Waals surface area contributed by atoms with Crippen molar-refractivity contribution in [2.75, 3.05) is 13.2 Å². The Bertz CT molecular complexity index is 673. The number of phosphoric ester groups is 3. The van der Waals surface area contributed by atoms with E-state index in [-0.39, 0.29) is 0 Å². The zero-order valence-electron chi connectivity index (χ0n) is 14.1. The Balaban J connectivity index is 3.13. The molecule has 0 aromatic heterocycles. The van der Waals surface area contributed by atoms with E-state index in [1.54, 1.807) is 0 Å². The van der Waals surface area contributed by atoms with Crippen molar-refractivity contribution < 1.29 is 81.8 Å². The van der Waals surface area contributed by atoms with Crippen LogP contribution in [0.1, 0.15) is 0 Å². The van der Waals surface area contributed by atoms with E-state index in [9.17, 15) is 33.9 Å². The second-order valence-electron chi connectivity index (χ2n) is 5.76. The molecular weight excluding hydrogens is 473 g/mol. The number of aliphatic hydroxyl groups excluding tert-OH is 5. The van der Waals surface area contributed by atoms with Crippen LogP contribution in [0, 0.1) is 0 Å². The van der Waals surface area contributed by atoms with Crippen molar-refractivity contribution in [1.29, 1.82) is 0 Å². The van der Waals surface area contributed by atoms with Gasteiger partial charge in [0.25, 0.3) is 0 Å². The largest absolute Gasteiger partial charge is 0.472 e. The number of hydrogen-bond donors (Lipinski definition) is 10. The van der Waals surface area contributed by atoms with Crippen LogP contribution in [-0.2, 0) is 31.8 Å². The molecule has 0 saturated heterocycles. The number of hydrogen-bond acceptors (Lipinski definition) is 12. The summed E-state index contributed by atoms with van der Waals surface area (Å²) in [5.74, 6) is 0. The summed E-state index contributed by atoms with van der Waals surface area (Å²) in [5.41, 5.74) is 0. The molecule has 10 N–H and O–H groups in total. The van der Waals surface area contributed by atoms with Crippen LogP contribution in [0.5, 0.6) is 0 Å². The van der Waals surface area contributed by atoms with Gasteiger partial charge in [0, 0.05) is 0 Å². The fourth-order valence-electron chi connectivity index (χ4n) is 2.27. The van der Waals surface area contributed by atoms with Crippen LogP contribution in [0.4, 0.5) is 0 Å². The number of aliphatic hydroxyl groups is 5. The maximum absolute atomic E-state index is 11.9. The highest BCUT2D eigenvalue weighted by molar-refractivity contribution is 7.47. The minimum atomic E-state index is -5.49. The topological polar surface area (TPSA) is 290 Å². The van der Waals surface area contributed by atoms with Crippen molar-refractivity contribution in [3.63, 3.8) is 0 Å². The summed E-state index contributed by atoms with van der Waals surface area (Å²) >= 11 is 0. The summed E-state index contributed by atoms with van der Waals surface area (Å²) in [7, 11) is -16.2. The predicted molar refractivity (Wildman–Crippen MR) is 85.6 cm³/mol. The van der Waals surface area contributed by atoms with Gasteiger partial charge in [-0.25, -0.2) is 13.7 Å². The third-order valence-corrected chi connectivity index (χ3v) is 5.46. The highest BCUT2D eigenvalue weighted by atomic mass is 31.2. The molecule has 1 unspecified atom stereocenters. The Hall–Kier alpha value is 0.130. The van der Waals surface area contributed by atoms with Crippen LogP contribution in [-0.4, -0.2) is 106 Å². The lowest BCUT2D eigenvalue weighted by Gasteiger charge is -2.44. The van der Waals surface area contributed by atoms with Gasteiger partial charge in [0.05, 0.1) is 13.2 Å². The van der Waals surface area contributed by atoms with Crippen molar-refractivity contribution in [3.05, 3.63) is 0 Å². The maximum Gasteiger partial charge on any atom is 0.472 e. The first kappa shape index (κ1) is 27.2. The molecule has 0 heterocycles. The molecule has 1 fully saturated rings. The molecule has 0 aliphatic heterocycles. The standard InChI is InChI=1S/C9H21O17P3/c10-1-3(11)2-23-29(21,22)26-7-4(12)5(13)8(24-27(15,16)17)9(6(7)14)25-28(18,19)20/h3-14H,1-2H2,(H,21,22)(H2,15,16,17)(H2,18,19,20)/t3-,4-,5-,6+,7+,8+,9+/m0/s1. The molecule has 0 spiro atoms. The highest BCUT2D eigenvalue weighted by Gasteiger charge is 2.56. The third-order valence-electron chi connectivity index (χ3n) is 3.43. The Morgan fingerprint density at radius 1 is 0.724 bits per heavy atom. The molecule has 17 nitrogen and oxygen atoms in total. The average molecular weight is 494 g/mol. The lowest BCUT2D eigenvalue weighted by Crippen LogP contribution is -2.65. The summed E-state index contributed by atoms with van der Waals surface area (Å²) in [5, 5.41) is 47.8. The van der Waals surface area contributed by atoms with Gasteiger partial charge in [-0.1, -0.05) is 0 Å². The molecule has 1 aliphatic carbocycles. The first-order chi connectivity index (χ1) is 13.0. The van der Waals surface area contributed by atoms with Gasteiger partial charge < -0.3 is 50.0 Å². The smallest absolute Gasteiger partial charge is 0.394 e. The van der Waals surface area contributed by atoms with Crippen LogP contribution in [0.2, 0.25) is 0 Å². The van der Waals surface area contributed by atoms with Crippen LogP contribution >= 0.6 is 23.5 Å². The van der Waals surface area contributed by atoms with E-state index in [2.05, 4.69) is 18.1 Å². The van der Waals surface area contributed by atoms with Gasteiger partial charge >= 0.3 is 23.5 Å². The Morgan fingerprint density at radius 2 is 1.14 bits per heavy atom. The van der Waals surface area contributed by atoms with Gasteiger partial charge in [-0.15, -0.1) is 0 Å². The molecule has 0 aromatic carbocycles. The Morgan fingerprint density at radius 3 is 1.55 bits per heavy atom. The molecule has 174 valence electrons. The SMILES string of the molecule is O=P(O)(O)O[C@@H]1[C@H](O)[C@H](OP(=O)(O)OC[C@@H](O)CO)[C@@H](O)[C@H](O)[C@H]1OP(=O)(O)O. The summed E-state index contributed by atoms with van der Waals surface area (Å²) < 4.78 is 51.0. The molecule has 0 aromatic rings. The molecule has 0 radical (unpaired) electrons. The number of phosphoric acid groups is 3. The summed E-state index contributed by atoms with van der Waals surface area (Å²) in [4.78, 5) is 45.1. The molecule has 1 rings (SSSR count). The third kappa shape index (κ3) is 8.65. The molecule has 8 atom stereocenters. The summed E-state index contributed by atoms with van der Waals surface area (Å²) in [6.07, 6.45) is -16.2. The predicted octanol–water partition coefficient (Wildman–Crippen LogP) is -4.11. The first-order valence-electron chi connectivity index (χ1n) is 7.44. The Kier molecular flexibility index (Phi) is 9.52. The van der Waals surface area contributed by atoms with Crippen molar-refractivity contribution in [2.45, 2.75) is 42.7 Å². The first-order valence-corrected chi connectivity index (χ1v) is 12.0. The zero-order valence-corrected chi connectivity index (χ0v) is 16.8. The minimum Gasteiger partial charge on any atom is -0.394 e. The van der Waals surface area contributed by atoms with E-state index in [0.717, 1.165) is 0 Å². The van der Waals surface area contributed by atoms with Gasteiger partial charge in [0.15, 0.2) is 0 Å². The Labute approximate surface area is 162 Å². The maximum atomic E-state index is 11.9. The molecule has 0 bridgehead atoms. The van der Waals surface area contributed by atoms with Gasteiger partial charge in [-0.2, -0.15) is 0 Å². The highest BCUT2D eigenvalue weighted by Crippen LogP contribution is 2.51. The average Bonchev–Trinajstić information content (AvgIpc) is 2.56. The molecule has 1 saturated carbocycles. The van der Waals surface area contributed by atoms with Crippen molar-refractivity contribution in [2.24, 2.45) is 0 Å². The molecule has 0 amide bonds. The lowest BCUT2D eigenvalue weighted by atomic mass is 9.85. The van der Waals surface area contributed by atoms with Crippen molar-refractivity contribution >= 4 is 23.5 Å². The van der Waals surface area contributed by atoms with E-state index in [1.165, 1.54) is 0 Å². The van der Waals surface area contributed by atoms with Crippen molar-refractivity contribution in [3.8, 4) is 0 Å². The second kappa shape index (κ2) is 10.2. The quantitative estimate of drug-likeness (QED) is 0.129. The molecular formula is C9H21O17P3. The molecule has 20 heteroatoms. The van der Waals surface area contributed by atoms with Gasteiger partial charge in [-0.3, -0.25) is 18.1 Å². The van der Waals surface area contributed by atoms with E-state index in [4.69, 9.17) is 29.8 Å². The van der Waals surface area contributed by atoms with Crippen molar-refractivity contribution in [1.82, 2.24) is 0 Å². The van der Waals surface area contributed by atoms with Crippen LogP contribution in [0.25, 0.3) is 0 Å². The molecule has 1 aliphatic rings. The normalized spacial score (nSPS) is 34.6. The van der Waals surface area contributed by atoms with Crippen LogP contribution in [0.3, 0.4) is 0 Å². The van der Waals surface area contributed by atoms with Gasteiger partial charge in [-0.05, 0) is 0 Å². The fourth-order valence-corrected chi connectivity index (χ4v) is 4.37. The minimum absolute atomic E-state index is 0.868. The lowest BCUT2D eigenvalue weighted by molar-refractivity contribution is -0.213. The van der Waals surface area contributed by atoms with E-state index < -0.39 is 79.4 Å². The van der Waals surface area contributed by atoms with E-state index in [1.807, 2.05) is 0 Å². The van der Waals surface area contributed by atoms with E-state index >= 15 is 0 Å². The molecule has 29 heavy (non-hydrogen) atoms. The van der Waals surface area contributed by atoms with Gasteiger partial charge in [0.2, 0.25) is 0 Å². The van der Waals surface area contributed by atoms with E-state index in [0.29, 0.717) is 0 Å². The second-order valence-corrected chi connectivity index (χ2v) is 9.55. The summed E-state index contributed by atoms with van der Waals surface area (Å²) in [6, 6.07) is 0. The zero-order chi connectivity index (χ0) is 22.8. The number of rotatable bonds is 10. The van der Waals surface area contributed by atoms with Gasteiger partial charge in [0.1, 0.15) is 42.7 Å². The van der Waals surface area contributed by atoms with Crippen LogP contribution < -0.4 is 0 Å². The summed E-state index contributed by atoms with van der Waals surface area (Å²) in [6.45, 7) is -1.81.